The van der Waals surface area contributed by atoms with E-state index in [-0.39, 0.29) is 24.5 Å². The molecule has 6 rings (SSSR count). The first kappa shape index (κ1) is 26.2. The Balaban J connectivity index is 0.00000294. The number of pyridine rings is 2. The minimum atomic E-state index is -0.378. The van der Waals surface area contributed by atoms with E-state index in [1.807, 2.05) is 24.5 Å². The number of hydrogen-bond acceptors (Lipinski definition) is 9. The third-order valence-corrected chi connectivity index (χ3v) is 7.19. The summed E-state index contributed by atoms with van der Waals surface area (Å²) in [6.07, 6.45) is 9.57. The molecule has 3 aliphatic rings. The predicted molar refractivity (Wildman–Crippen MR) is 147 cm³/mol. The van der Waals surface area contributed by atoms with E-state index >= 15 is 0 Å². The average molecular weight is 541 g/mol. The number of halogens is 1. The maximum absolute atomic E-state index is 12.0. The molecular formula is C26H33ClN8O3. The van der Waals surface area contributed by atoms with Gasteiger partial charge in [-0.25, -0.2) is 14.8 Å². The molecule has 0 radical (unpaired) electrons. The second-order valence-corrected chi connectivity index (χ2v) is 9.76. The van der Waals surface area contributed by atoms with Gasteiger partial charge in [0.25, 0.3) is 0 Å². The van der Waals surface area contributed by atoms with Crippen molar-refractivity contribution >= 4 is 41.6 Å². The van der Waals surface area contributed by atoms with Crippen LogP contribution >= 0.6 is 12.4 Å². The summed E-state index contributed by atoms with van der Waals surface area (Å²) in [6.45, 7) is 4.12. The van der Waals surface area contributed by atoms with Gasteiger partial charge in [-0.15, -0.1) is 12.4 Å². The van der Waals surface area contributed by atoms with Crippen molar-refractivity contribution in [3.05, 3.63) is 42.9 Å². The molecule has 3 aromatic heterocycles. The van der Waals surface area contributed by atoms with E-state index in [4.69, 9.17) is 20.2 Å². The highest BCUT2D eigenvalue weighted by Gasteiger charge is 2.25. The number of nitrogens with two attached hydrogens (primary N) is 1. The van der Waals surface area contributed by atoms with Crippen LogP contribution in [-0.4, -0.2) is 71.3 Å². The molecule has 0 saturated carbocycles. The van der Waals surface area contributed by atoms with Gasteiger partial charge in [0.2, 0.25) is 0 Å². The molecule has 11 nitrogen and oxygen atoms in total. The molecule has 0 aromatic carbocycles. The maximum atomic E-state index is 12.0. The van der Waals surface area contributed by atoms with Crippen molar-refractivity contribution in [3.63, 3.8) is 0 Å². The molecule has 1 amide bonds. The molecule has 0 aliphatic carbocycles. The molecule has 6 heterocycles. The van der Waals surface area contributed by atoms with E-state index in [1.54, 1.807) is 6.07 Å². The van der Waals surface area contributed by atoms with Crippen molar-refractivity contribution in [2.75, 3.05) is 54.6 Å². The fourth-order valence-corrected chi connectivity index (χ4v) is 5.23. The monoisotopic (exact) mass is 540 g/mol. The van der Waals surface area contributed by atoms with Gasteiger partial charge in [0, 0.05) is 67.6 Å². The van der Waals surface area contributed by atoms with Crippen molar-refractivity contribution in [1.29, 1.82) is 0 Å². The second kappa shape index (κ2) is 11.5. The van der Waals surface area contributed by atoms with Crippen LogP contribution in [0.4, 0.5) is 27.9 Å². The van der Waals surface area contributed by atoms with Crippen LogP contribution in [0.25, 0.3) is 11.1 Å². The van der Waals surface area contributed by atoms with Crippen molar-refractivity contribution in [1.82, 2.24) is 19.7 Å². The molecule has 0 bridgehead atoms. The van der Waals surface area contributed by atoms with Crippen LogP contribution in [0.2, 0.25) is 0 Å². The van der Waals surface area contributed by atoms with Crippen LogP contribution in [-0.2, 0) is 9.47 Å². The van der Waals surface area contributed by atoms with Gasteiger partial charge in [-0.2, -0.15) is 5.10 Å². The quantitative estimate of drug-likeness (QED) is 0.481. The fourth-order valence-electron chi connectivity index (χ4n) is 5.23. The number of carbonyl (C=O) groups is 1. The molecule has 0 unspecified atom stereocenters. The lowest BCUT2D eigenvalue weighted by Gasteiger charge is -2.34. The Kier molecular flexibility index (Phi) is 7.96. The first-order valence-electron chi connectivity index (χ1n) is 13.0. The molecular weight excluding hydrogens is 508 g/mol. The van der Waals surface area contributed by atoms with Crippen LogP contribution in [0.3, 0.4) is 0 Å². The minimum Gasteiger partial charge on any atom is -0.447 e. The number of aromatic nitrogens is 4. The third kappa shape index (κ3) is 5.54. The van der Waals surface area contributed by atoms with Gasteiger partial charge in [0.15, 0.2) is 0 Å². The summed E-state index contributed by atoms with van der Waals surface area (Å²) in [5.41, 5.74) is 9.48. The number of cyclic esters (lactones) is 1. The standard InChI is InChI=1S/C26H32N8O3.ClH/c27-19-3-2-8-32(17-19)22-13-24(30-23-4-1-5-25(31-23)33-9-12-37-26(33)35)28-15-21(22)18-14-29-34(16-18)20-6-10-36-11-7-20;/h1,4-5,13-16,19-20H,2-3,6-12,17,27H2,(H,28,30,31);1H/t19-;/m0./s1. The van der Waals surface area contributed by atoms with Gasteiger partial charge in [-0.3, -0.25) is 9.58 Å². The molecule has 3 saturated heterocycles. The van der Waals surface area contributed by atoms with E-state index in [0.717, 1.165) is 68.8 Å². The number of anilines is 4. The van der Waals surface area contributed by atoms with E-state index in [2.05, 4.69) is 37.2 Å². The van der Waals surface area contributed by atoms with E-state index in [9.17, 15) is 4.79 Å². The number of ether oxygens (including phenoxy) is 2. The third-order valence-electron chi connectivity index (χ3n) is 7.19. The Morgan fingerprint density at radius 3 is 2.71 bits per heavy atom. The zero-order chi connectivity index (χ0) is 25.2. The van der Waals surface area contributed by atoms with Crippen molar-refractivity contribution in [3.8, 4) is 11.1 Å². The normalized spacial score (nSPS) is 20.2. The molecule has 12 heteroatoms. The van der Waals surface area contributed by atoms with E-state index in [0.29, 0.717) is 36.6 Å². The number of piperidine rings is 1. The summed E-state index contributed by atoms with van der Waals surface area (Å²) < 4.78 is 12.6. The number of nitrogens with zero attached hydrogens (tertiary/aromatic N) is 6. The molecule has 1 atom stereocenters. The zero-order valence-electron chi connectivity index (χ0n) is 21.2. The van der Waals surface area contributed by atoms with Gasteiger partial charge in [0.1, 0.15) is 24.1 Å². The van der Waals surface area contributed by atoms with Gasteiger partial charge in [-0.1, -0.05) is 6.07 Å². The molecule has 202 valence electrons. The molecule has 3 N–H and O–H groups in total. The Morgan fingerprint density at radius 2 is 1.92 bits per heavy atom. The van der Waals surface area contributed by atoms with Gasteiger partial charge < -0.3 is 25.4 Å². The van der Waals surface area contributed by atoms with Gasteiger partial charge in [-0.05, 0) is 37.8 Å². The number of nitrogens with one attached hydrogen (secondary N) is 1. The summed E-state index contributed by atoms with van der Waals surface area (Å²) in [6, 6.07) is 8.06. The first-order valence-corrected chi connectivity index (χ1v) is 13.0. The van der Waals surface area contributed by atoms with Crippen molar-refractivity contribution in [2.45, 2.75) is 37.8 Å². The van der Waals surface area contributed by atoms with Gasteiger partial charge >= 0.3 is 6.09 Å². The van der Waals surface area contributed by atoms with E-state index < -0.39 is 0 Å². The molecule has 3 aromatic rings. The highest BCUT2D eigenvalue weighted by molar-refractivity contribution is 5.88. The highest BCUT2D eigenvalue weighted by Crippen LogP contribution is 2.35. The van der Waals surface area contributed by atoms with Crippen molar-refractivity contribution in [2.24, 2.45) is 5.73 Å². The molecule has 3 fully saturated rings. The van der Waals surface area contributed by atoms with Crippen molar-refractivity contribution < 1.29 is 14.3 Å². The smallest absolute Gasteiger partial charge is 0.415 e. The highest BCUT2D eigenvalue weighted by atomic mass is 35.5. The van der Waals surface area contributed by atoms with Gasteiger partial charge in [0.05, 0.1) is 18.8 Å². The summed E-state index contributed by atoms with van der Waals surface area (Å²) >= 11 is 0. The Bertz CT molecular complexity index is 1260. The first-order chi connectivity index (χ1) is 18.1. The Labute approximate surface area is 227 Å². The summed E-state index contributed by atoms with van der Waals surface area (Å²) in [5.74, 6) is 1.82. The van der Waals surface area contributed by atoms with Crippen LogP contribution in [0, 0.1) is 0 Å². The second-order valence-electron chi connectivity index (χ2n) is 9.76. The lowest BCUT2D eigenvalue weighted by Crippen LogP contribution is -2.43. The lowest BCUT2D eigenvalue weighted by molar-refractivity contribution is 0.0662. The Morgan fingerprint density at radius 1 is 1.05 bits per heavy atom. The Hall–Kier alpha value is -3.41. The summed E-state index contributed by atoms with van der Waals surface area (Å²) in [4.78, 5) is 25.2. The topological polar surface area (TPSA) is 124 Å². The number of rotatable bonds is 6. The predicted octanol–water partition coefficient (Wildman–Crippen LogP) is 3.74. The largest absolute Gasteiger partial charge is 0.447 e. The van der Waals surface area contributed by atoms with Crippen LogP contribution in [0.1, 0.15) is 31.7 Å². The van der Waals surface area contributed by atoms with E-state index in [1.165, 1.54) is 4.90 Å². The summed E-state index contributed by atoms with van der Waals surface area (Å²) in [5, 5.41) is 8.00. The number of carbonyl (C=O) groups excluding carboxylic acids is 1. The van der Waals surface area contributed by atoms with Crippen LogP contribution < -0.4 is 20.9 Å². The molecule has 38 heavy (non-hydrogen) atoms. The summed E-state index contributed by atoms with van der Waals surface area (Å²) in [7, 11) is 0. The van der Waals surface area contributed by atoms with Crippen LogP contribution in [0.5, 0.6) is 0 Å². The number of hydrogen-bond donors (Lipinski definition) is 2. The minimum absolute atomic E-state index is 0. The average Bonchev–Trinajstić information content (AvgIpc) is 3.59. The zero-order valence-corrected chi connectivity index (χ0v) is 22.0. The molecule has 0 spiro atoms. The fraction of sp³-hybridized carbons (Fsp3) is 0.462. The SMILES string of the molecule is Cl.N[C@H]1CCCN(c2cc(Nc3cccc(N4CCOC4=O)n3)ncc2-c2cnn(C3CCOCC3)c2)C1. The maximum Gasteiger partial charge on any atom is 0.415 e. The lowest BCUT2D eigenvalue weighted by atomic mass is 10.0. The van der Waals surface area contributed by atoms with Crippen LogP contribution in [0.15, 0.2) is 42.9 Å². The molecule has 3 aliphatic heterocycles. The number of amides is 1.